The van der Waals surface area contributed by atoms with Crippen molar-refractivity contribution in [1.82, 2.24) is 8.87 Å². The summed E-state index contributed by atoms with van der Waals surface area (Å²) in [5, 5.41) is 0.914. The van der Waals surface area contributed by atoms with Crippen molar-refractivity contribution in [1.29, 1.82) is 0 Å². The number of fused-ring (bicyclic) bond motifs is 5. The first-order valence-corrected chi connectivity index (χ1v) is 11.3. The van der Waals surface area contributed by atoms with Crippen molar-refractivity contribution in [2.24, 2.45) is 5.92 Å². The van der Waals surface area contributed by atoms with Gasteiger partial charge in [-0.15, -0.1) is 6.58 Å². The summed E-state index contributed by atoms with van der Waals surface area (Å²) in [6, 6.07) is 15.4. The zero-order chi connectivity index (χ0) is 21.0. The highest BCUT2D eigenvalue weighted by atomic mass is 32.2. The molecule has 0 aliphatic carbocycles. The van der Waals surface area contributed by atoms with Crippen molar-refractivity contribution < 1.29 is 17.9 Å². The maximum Gasteiger partial charge on any atom is 0.312 e. The van der Waals surface area contributed by atoms with Crippen molar-refractivity contribution >= 4 is 26.9 Å². The number of nitrogens with zero attached hydrogens (tertiary/aromatic N) is 2. The summed E-state index contributed by atoms with van der Waals surface area (Å²) in [6.07, 6.45) is 2.46. The molecule has 30 heavy (non-hydrogen) atoms. The van der Waals surface area contributed by atoms with Gasteiger partial charge in [-0.1, -0.05) is 42.5 Å². The zero-order valence-corrected chi connectivity index (χ0v) is 17.4. The fraction of sp³-hybridized carbons (Fsp3) is 0.261. The standard InChI is InChI=1S/C23H22N2O4S/c1-3-18-20(23(26)29-2)22-21-17(13-14-24(18)22)16-11-7-8-12-19(16)25(21)30(27,28)15-9-5-4-6-10-15/h3-12,18,20,22H,1,13-14H2,2H3/t18-,20+,22+/m1/s1. The van der Waals surface area contributed by atoms with Gasteiger partial charge >= 0.3 is 5.97 Å². The Labute approximate surface area is 175 Å². The molecule has 0 radical (unpaired) electrons. The van der Waals surface area contributed by atoms with Gasteiger partial charge in [-0.05, 0) is 30.2 Å². The Kier molecular flexibility index (Phi) is 4.34. The summed E-state index contributed by atoms with van der Waals surface area (Å²) < 4.78 is 34.0. The number of rotatable bonds is 4. The van der Waals surface area contributed by atoms with Gasteiger partial charge in [0, 0.05) is 18.0 Å². The second kappa shape index (κ2) is 6.82. The lowest BCUT2D eigenvalue weighted by molar-refractivity contribution is -0.163. The number of carbonyl (C=O) groups is 1. The first-order valence-electron chi connectivity index (χ1n) is 9.89. The van der Waals surface area contributed by atoms with Crippen LogP contribution in [-0.4, -0.2) is 43.0 Å². The average molecular weight is 423 g/mol. The zero-order valence-electron chi connectivity index (χ0n) is 16.6. The van der Waals surface area contributed by atoms with E-state index in [1.807, 2.05) is 24.3 Å². The number of esters is 1. The maximum atomic E-state index is 13.8. The fourth-order valence-electron chi connectivity index (χ4n) is 5.04. The van der Waals surface area contributed by atoms with Crippen molar-refractivity contribution in [2.45, 2.75) is 23.4 Å². The number of benzene rings is 2. The lowest BCUT2D eigenvalue weighted by Gasteiger charge is -2.55. The highest BCUT2D eigenvalue weighted by Crippen LogP contribution is 2.51. The molecule has 1 saturated heterocycles. The number of aromatic nitrogens is 1. The fourth-order valence-corrected chi connectivity index (χ4v) is 6.65. The first kappa shape index (κ1) is 19.1. The minimum atomic E-state index is -3.85. The smallest absolute Gasteiger partial charge is 0.312 e. The topological polar surface area (TPSA) is 68.6 Å². The van der Waals surface area contributed by atoms with E-state index in [2.05, 4.69) is 11.5 Å². The van der Waals surface area contributed by atoms with E-state index in [1.54, 1.807) is 36.4 Å². The van der Waals surface area contributed by atoms with Gasteiger partial charge in [0.1, 0.15) is 0 Å². The minimum Gasteiger partial charge on any atom is -0.469 e. The number of para-hydroxylation sites is 1. The minimum absolute atomic E-state index is 0.165. The van der Waals surface area contributed by atoms with Crippen LogP contribution in [0.25, 0.3) is 10.9 Å². The van der Waals surface area contributed by atoms with Crippen LogP contribution in [0.4, 0.5) is 0 Å². The van der Waals surface area contributed by atoms with E-state index in [0.717, 1.165) is 17.5 Å². The van der Waals surface area contributed by atoms with E-state index in [9.17, 15) is 13.2 Å². The van der Waals surface area contributed by atoms with E-state index in [4.69, 9.17) is 4.74 Å². The van der Waals surface area contributed by atoms with Gasteiger partial charge in [-0.25, -0.2) is 12.4 Å². The Morgan fingerprint density at radius 3 is 2.53 bits per heavy atom. The maximum absolute atomic E-state index is 13.8. The molecule has 154 valence electrons. The second-order valence-corrected chi connectivity index (χ2v) is 9.46. The normalized spacial score (nSPS) is 23.3. The van der Waals surface area contributed by atoms with Gasteiger partial charge < -0.3 is 4.74 Å². The molecule has 0 unspecified atom stereocenters. The lowest BCUT2D eigenvalue weighted by Crippen LogP contribution is -2.62. The Bertz CT molecular complexity index is 1260. The van der Waals surface area contributed by atoms with Crippen LogP contribution in [-0.2, 0) is 26.0 Å². The van der Waals surface area contributed by atoms with Crippen LogP contribution >= 0.6 is 0 Å². The van der Waals surface area contributed by atoms with Crippen molar-refractivity contribution in [3.63, 3.8) is 0 Å². The highest BCUT2D eigenvalue weighted by molar-refractivity contribution is 7.90. The molecule has 3 heterocycles. The molecule has 3 atom stereocenters. The van der Waals surface area contributed by atoms with E-state index in [0.29, 0.717) is 17.6 Å². The monoisotopic (exact) mass is 422 g/mol. The van der Waals surface area contributed by atoms with Gasteiger partial charge in [0.05, 0.1) is 35.2 Å². The molecule has 0 spiro atoms. The van der Waals surface area contributed by atoms with Crippen molar-refractivity contribution in [3.05, 3.63) is 78.5 Å². The molecule has 0 saturated carbocycles. The Morgan fingerprint density at radius 1 is 1.13 bits per heavy atom. The summed E-state index contributed by atoms with van der Waals surface area (Å²) in [6.45, 7) is 4.62. The molecule has 3 aromatic rings. The summed E-state index contributed by atoms with van der Waals surface area (Å²) in [4.78, 5) is 15.0. The molecule has 2 aliphatic heterocycles. The predicted molar refractivity (Wildman–Crippen MR) is 114 cm³/mol. The van der Waals surface area contributed by atoms with Crippen LogP contribution in [0, 0.1) is 5.92 Å². The Hall–Kier alpha value is -2.90. The van der Waals surface area contributed by atoms with Crippen molar-refractivity contribution in [2.75, 3.05) is 13.7 Å². The van der Waals surface area contributed by atoms with Crippen LogP contribution in [0.5, 0.6) is 0 Å². The van der Waals surface area contributed by atoms with Crippen LogP contribution in [0.3, 0.4) is 0 Å². The molecule has 1 fully saturated rings. The molecule has 0 amide bonds. The number of carbonyl (C=O) groups excluding carboxylic acids is 1. The summed E-state index contributed by atoms with van der Waals surface area (Å²) >= 11 is 0. The number of hydrogen-bond donors (Lipinski definition) is 0. The van der Waals surface area contributed by atoms with Crippen LogP contribution in [0.1, 0.15) is 17.3 Å². The van der Waals surface area contributed by atoms with Crippen LogP contribution < -0.4 is 0 Å². The van der Waals surface area contributed by atoms with E-state index in [-0.39, 0.29) is 22.9 Å². The molecule has 7 heteroatoms. The Balaban J connectivity index is 1.80. The van der Waals surface area contributed by atoms with E-state index < -0.39 is 15.9 Å². The third-order valence-corrected chi connectivity index (χ3v) is 8.06. The van der Waals surface area contributed by atoms with Gasteiger partial charge in [0.25, 0.3) is 10.0 Å². The molecule has 5 rings (SSSR count). The van der Waals surface area contributed by atoms with E-state index >= 15 is 0 Å². The molecule has 6 nitrogen and oxygen atoms in total. The first-order chi connectivity index (χ1) is 14.5. The van der Waals surface area contributed by atoms with Crippen LogP contribution in [0.2, 0.25) is 0 Å². The Morgan fingerprint density at radius 2 is 1.83 bits per heavy atom. The van der Waals surface area contributed by atoms with Gasteiger partial charge in [0.2, 0.25) is 0 Å². The number of ether oxygens (including phenoxy) is 1. The molecular weight excluding hydrogens is 400 g/mol. The van der Waals surface area contributed by atoms with Gasteiger partial charge in [-0.3, -0.25) is 9.69 Å². The van der Waals surface area contributed by atoms with Gasteiger partial charge in [0.15, 0.2) is 0 Å². The molecule has 2 aliphatic rings. The average Bonchev–Trinajstić information content (AvgIpc) is 3.09. The molecule has 1 aromatic heterocycles. The predicted octanol–water partition coefficient (Wildman–Crippen LogP) is 3.13. The summed E-state index contributed by atoms with van der Waals surface area (Å²) in [7, 11) is -2.49. The molecule has 0 N–H and O–H groups in total. The quantitative estimate of drug-likeness (QED) is 0.477. The van der Waals surface area contributed by atoms with E-state index in [1.165, 1.54) is 11.1 Å². The highest BCUT2D eigenvalue weighted by Gasteiger charge is 2.56. The molecule has 2 aromatic carbocycles. The lowest BCUT2D eigenvalue weighted by atomic mass is 9.74. The third-order valence-electron chi connectivity index (χ3n) is 6.32. The summed E-state index contributed by atoms with van der Waals surface area (Å²) in [5.41, 5.74) is 2.29. The summed E-state index contributed by atoms with van der Waals surface area (Å²) in [5.74, 6) is -0.830. The number of hydrogen-bond acceptors (Lipinski definition) is 5. The second-order valence-electron chi connectivity index (χ2n) is 7.67. The molecule has 0 bridgehead atoms. The van der Waals surface area contributed by atoms with Gasteiger partial charge in [-0.2, -0.15) is 0 Å². The number of methoxy groups -OCH3 is 1. The van der Waals surface area contributed by atoms with Crippen molar-refractivity contribution in [3.8, 4) is 0 Å². The molecular formula is C23H22N2O4S. The largest absolute Gasteiger partial charge is 0.469 e. The third kappa shape index (κ3) is 2.45. The van der Waals surface area contributed by atoms with Crippen LogP contribution in [0.15, 0.2) is 72.1 Å². The SMILES string of the molecule is C=C[C@@H]1[C@H](C(=O)OC)[C@H]2c3c(c4ccccc4n3S(=O)(=O)c3ccccc3)CCN12.